The summed E-state index contributed by atoms with van der Waals surface area (Å²) >= 11 is 5.36. The van der Waals surface area contributed by atoms with Crippen LogP contribution in [0.3, 0.4) is 0 Å². The summed E-state index contributed by atoms with van der Waals surface area (Å²) in [6, 6.07) is 0.617. The fraction of sp³-hybridized carbons (Fsp3) is 0.727. The maximum atomic E-state index is 5.36. The van der Waals surface area contributed by atoms with E-state index in [4.69, 9.17) is 12.2 Å². The maximum Gasteiger partial charge on any atom is 0.177 e. The van der Waals surface area contributed by atoms with Gasteiger partial charge in [0.25, 0.3) is 0 Å². The lowest BCUT2D eigenvalue weighted by Crippen LogP contribution is -2.48. The Morgan fingerprint density at radius 3 is 2.60 bits per heavy atom. The zero-order chi connectivity index (χ0) is 10.4. The van der Waals surface area contributed by atoms with Crippen molar-refractivity contribution in [2.24, 2.45) is 5.92 Å². The Morgan fingerprint density at radius 2 is 2.13 bits per heavy atom. The first-order valence-electron chi connectivity index (χ1n) is 5.74. The summed E-state index contributed by atoms with van der Waals surface area (Å²) in [7, 11) is 0. The van der Waals surface area contributed by atoms with Crippen LogP contribution in [-0.2, 0) is 0 Å². The number of nitrogens with one attached hydrogen (secondary N) is 1. The number of aromatic nitrogens is 2. The molecule has 4 heteroatoms. The molecule has 0 saturated carbocycles. The van der Waals surface area contributed by atoms with Gasteiger partial charge in [-0.2, -0.15) is 0 Å². The van der Waals surface area contributed by atoms with Gasteiger partial charge in [-0.25, -0.2) is 0 Å². The third kappa shape index (κ3) is 1.47. The van der Waals surface area contributed by atoms with Gasteiger partial charge in [-0.3, -0.25) is 0 Å². The van der Waals surface area contributed by atoms with Gasteiger partial charge in [-0.05, 0) is 51.0 Å². The Labute approximate surface area is 95.1 Å². The molecule has 0 spiro atoms. The number of hydrogen-bond donors (Lipinski definition) is 1. The standard InChI is InChI=1S/C11H17N3S/c1-8-6-12-11(15)14(8)10-7-13-4-2-9(10)3-5-13/h6,9-10H,2-5,7H2,1H3,(H,12,15). The second-order valence-corrected chi connectivity index (χ2v) is 5.20. The molecule has 1 aromatic rings. The molecular weight excluding hydrogens is 206 g/mol. The number of H-pyrrole nitrogens is 1. The molecule has 0 radical (unpaired) electrons. The first-order chi connectivity index (χ1) is 7.25. The molecule has 0 amide bonds. The largest absolute Gasteiger partial charge is 0.337 e. The van der Waals surface area contributed by atoms with Gasteiger partial charge in [0, 0.05) is 18.4 Å². The van der Waals surface area contributed by atoms with Crippen molar-refractivity contribution in [3.05, 3.63) is 16.7 Å². The zero-order valence-electron chi connectivity index (χ0n) is 9.07. The fourth-order valence-corrected chi connectivity index (χ4v) is 3.44. The molecule has 1 aromatic heterocycles. The molecule has 3 saturated heterocycles. The molecule has 4 heterocycles. The lowest BCUT2D eigenvalue weighted by atomic mass is 9.84. The molecule has 1 atom stereocenters. The third-order valence-electron chi connectivity index (χ3n) is 3.96. The minimum Gasteiger partial charge on any atom is -0.337 e. The molecule has 1 unspecified atom stereocenters. The summed E-state index contributed by atoms with van der Waals surface area (Å²) in [5.74, 6) is 0.844. The quantitative estimate of drug-likeness (QED) is 0.737. The Bertz CT molecular complexity index is 412. The SMILES string of the molecule is Cc1c[nH]c(=S)n1C1CN2CCC1CC2. The lowest BCUT2D eigenvalue weighted by Gasteiger charge is -2.45. The molecular formula is C11H17N3S. The average Bonchev–Trinajstić information content (AvgIpc) is 2.60. The first kappa shape index (κ1) is 9.60. The average molecular weight is 223 g/mol. The second-order valence-electron chi connectivity index (χ2n) is 4.81. The number of aromatic amines is 1. The molecule has 2 bridgehead atoms. The molecule has 4 rings (SSSR count). The second kappa shape index (κ2) is 3.46. The van der Waals surface area contributed by atoms with Crippen LogP contribution in [0.1, 0.15) is 24.6 Å². The predicted molar refractivity (Wildman–Crippen MR) is 62.6 cm³/mol. The van der Waals surface area contributed by atoms with E-state index in [1.165, 1.54) is 38.2 Å². The van der Waals surface area contributed by atoms with Crippen molar-refractivity contribution in [2.45, 2.75) is 25.8 Å². The van der Waals surface area contributed by atoms with E-state index in [1.807, 2.05) is 6.20 Å². The molecule has 3 aliphatic rings. The molecule has 1 N–H and O–H groups in total. The van der Waals surface area contributed by atoms with Crippen molar-refractivity contribution in [1.82, 2.24) is 14.5 Å². The number of nitrogens with zero attached hydrogens (tertiary/aromatic N) is 2. The number of fused-ring (bicyclic) bond motifs is 3. The molecule has 3 fully saturated rings. The summed E-state index contributed by atoms with van der Waals surface area (Å²) in [6.07, 6.45) is 4.72. The van der Waals surface area contributed by atoms with Crippen LogP contribution in [0.5, 0.6) is 0 Å². The molecule has 15 heavy (non-hydrogen) atoms. The number of aryl methyl sites for hydroxylation is 1. The normalized spacial score (nSPS) is 34.6. The van der Waals surface area contributed by atoms with Gasteiger partial charge < -0.3 is 14.5 Å². The number of rotatable bonds is 1. The van der Waals surface area contributed by atoms with Crippen LogP contribution in [0.2, 0.25) is 0 Å². The highest BCUT2D eigenvalue weighted by Crippen LogP contribution is 2.36. The monoisotopic (exact) mass is 223 g/mol. The van der Waals surface area contributed by atoms with Crippen LogP contribution >= 0.6 is 12.2 Å². The van der Waals surface area contributed by atoms with Gasteiger partial charge in [0.15, 0.2) is 4.77 Å². The highest BCUT2D eigenvalue weighted by molar-refractivity contribution is 7.71. The number of piperidine rings is 3. The Morgan fingerprint density at radius 1 is 1.40 bits per heavy atom. The molecule has 82 valence electrons. The van der Waals surface area contributed by atoms with E-state index in [9.17, 15) is 0 Å². The topological polar surface area (TPSA) is 24.0 Å². The smallest absolute Gasteiger partial charge is 0.177 e. The maximum absolute atomic E-state index is 5.36. The van der Waals surface area contributed by atoms with Crippen molar-refractivity contribution in [3.63, 3.8) is 0 Å². The predicted octanol–water partition coefficient (Wildman–Crippen LogP) is 2.12. The van der Waals surface area contributed by atoms with E-state index in [1.54, 1.807) is 0 Å². The van der Waals surface area contributed by atoms with Gasteiger partial charge in [0.05, 0.1) is 6.04 Å². The molecule has 0 aliphatic carbocycles. The summed E-state index contributed by atoms with van der Waals surface area (Å²) in [5.41, 5.74) is 1.28. The van der Waals surface area contributed by atoms with E-state index < -0.39 is 0 Å². The summed E-state index contributed by atoms with van der Waals surface area (Å²) in [4.78, 5) is 5.72. The third-order valence-corrected chi connectivity index (χ3v) is 4.27. The number of hydrogen-bond acceptors (Lipinski definition) is 2. The minimum atomic E-state index is 0.617. The minimum absolute atomic E-state index is 0.617. The van der Waals surface area contributed by atoms with Crippen LogP contribution in [0.15, 0.2) is 6.20 Å². The Balaban J connectivity index is 1.98. The van der Waals surface area contributed by atoms with Crippen LogP contribution in [-0.4, -0.2) is 34.1 Å². The van der Waals surface area contributed by atoms with Crippen molar-refractivity contribution in [1.29, 1.82) is 0 Å². The van der Waals surface area contributed by atoms with Gasteiger partial charge >= 0.3 is 0 Å². The highest BCUT2D eigenvalue weighted by atomic mass is 32.1. The molecule has 3 aliphatic heterocycles. The number of imidazole rings is 1. The van der Waals surface area contributed by atoms with Crippen LogP contribution in [0.25, 0.3) is 0 Å². The molecule has 0 aromatic carbocycles. The zero-order valence-corrected chi connectivity index (χ0v) is 9.89. The van der Waals surface area contributed by atoms with E-state index in [0.717, 1.165) is 10.7 Å². The van der Waals surface area contributed by atoms with E-state index in [0.29, 0.717) is 6.04 Å². The molecule has 3 nitrogen and oxygen atoms in total. The van der Waals surface area contributed by atoms with Gasteiger partial charge in [0.1, 0.15) is 0 Å². The van der Waals surface area contributed by atoms with Crippen LogP contribution in [0, 0.1) is 17.6 Å². The van der Waals surface area contributed by atoms with Crippen molar-refractivity contribution in [3.8, 4) is 0 Å². The first-order valence-corrected chi connectivity index (χ1v) is 6.15. The summed E-state index contributed by atoms with van der Waals surface area (Å²) in [5, 5.41) is 0. The van der Waals surface area contributed by atoms with Crippen molar-refractivity contribution < 1.29 is 0 Å². The summed E-state index contributed by atoms with van der Waals surface area (Å²) < 4.78 is 3.22. The van der Waals surface area contributed by atoms with E-state index in [-0.39, 0.29) is 0 Å². The fourth-order valence-electron chi connectivity index (χ4n) is 3.10. The van der Waals surface area contributed by atoms with Gasteiger partial charge in [0.2, 0.25) is 0 Å². The Kier molecular flexibility index (Phi) is 2.21. The van der Waals surface area contributed by atoms with Gasteiger partial charge in [-0.1, -0.05) is 0 Å². The van der Waals surface area contributed by atoms with Gasteiger partial charge in [-0.15, -0.1) is 0 Å². The van der Waals surface area contributed by atoms with Crippen LogP contribution in [0.4, 0.5) is 0 Å². The van der Waals surface area contributed by atoms with Crippen molar-refractivity contribution >= 4 is 12.2 Å². The highest BCUT2D eigenvalue weighted by Gasteiger charge is 2.35. The van der Waals surface area contributed by atoms with Crippen LogP contribution < -0.4 is 0 Å². The van der Waals surface area contributed by atoms with Crippen molar-refractivity contribution in [2.75, 3.05) is 19.6 Å². The van der Waals surface area contributed by atoms with E-state index in [2.05, 4.69) is 21.4 Å². The Hall–Kier alpha value is -0.610. The van der Waals surface area contributed by atoms with E-state index >= 15 is 0 Å². The lowest BCUT2D eigenvalue weighted by molar-refractivity contribution is 0.0555. The summed E-state index contributed by atoms with van der Waals surface area (Å²) in [6.45, 7) is 5.91.